The van der Waals surface area contributed by atoms with Crippen LogP contribution in [-0.4, -0.2) is 62.9 Å². The molecule has 132 valence electrons. The van der Waals surface area contributed by atoms with Gasteiger partial charge < -0.3 is 15.0 Å². The summed E-state index contributed by atoms with van der Waals surface area (Å²) >= 11 is 0. The molecule has 9 heteroatoms. The third kappa shape index (κ3) is 4.24. The summed E-state index contributed by atoms with van der Waals surface area (Å²) in [6.07, 6.45) is 0.0899. The third-order valence-corrected chi connectivity index (χ3v) is 5.61. The number of benzene rings is 1. The Balaban J connectivity index is 2.12. The summed E-state index contributed by atoms with van der Waals surface area (Å²) in [5.41, 5.74) is 0.536. The highest BCUT2D eigenvalue weighted by Crippen LogP contribution is 2.20. The van der Waals surface area contributed by atoms with Gasteiger partial charge in [-0.05, 0) is 30.7 Å². The first-order chi connectivity index (χ1) is 11.3. The molecule has 0 unspecified atom stereocenters. The van der Waals surface area contributed by atoms with E-state index in [4.69, 9.17) is 0 Å². The Kier molecular flexibility index (Phi) is 5.79. The Hall–Kier alpha value is -2.13. The van der Waals surface area contributed by atoms with Crippen molar-refractivity contribution in [1.82, 2.24) is 9.21 Å². The molecular formula is C15H21N3O5S. The van der Waals surface area contributed by atoms with Crippen LogP contribution in [-0.2, 0) is 19.6 Å². The summed E-state index contributed by atoms with van der Waals surface area (Å²) in [5, 5.41) is 2.59. The topological polar surface area (TPSA) is 96.0 Å². The second kappa shape index (κ2) is 7.63. The average molecular weight is 355 g/mol. The predicted octanol–water partition coefficient (Wildman–Crippen LogP) is 1.11. The molecule has 2 rings (SSSR count). The van der Waals surface area contributed by atoms with Gasteiger partial charge in [-0.3, -0.25) is 4.79 Å². The van der Waals surface area contributed by atoms with Gasteiger partial charge in [0, 0.05) is 38.8 Å². The van der Waals surface area contributed by atoms with Crippen LogP contribution in [0, 0.1) is 0 Å². The number of hydrogen-bond donors (Lipinski definition) is 1. The van der Waals surface area contributed by atoms with Gasteiger partial charge in [0.25, 0.3) is 0 Å². The van der Waals surface area contributed by atoms with E-state index >= 15 is 0 Å². The lowest BCUT2D eigenvalue weighted by Gasteiger charge is -2.21. The highest BCUT2D eigenvalue weighted by molar-refractivity contribution is 7.89. The molecule has 8 nitrogen and oxygen atoms in total. The molecule has 0 radical (unpaired) electrons. The first-order valence-corrected chi connectivity index (χ1v) is 8.99. The van der Waals surface area contributed by atoms with Gasteiger partial charge in [0.2, 0.25) is 15.9 Å². The highest BCUT2D eigenvalue weighted by Gasteiger charge is 2.28. The number of ether oxygens (including phenoxy) is 1. The van der Waals surface area contributed by atoms with Crippen molar-refractivity contribution in [3.8, 4) is 0 Å². The molecule has 0 aromatic heterocycles. The van der Waals surface area contributed by atoms with Crippen molar-refractivity contribution in [2.75, 3.05) is 38.6 Å². The maximum atomic E-state index is 12.7. The van der Waals surface area contributed by atoms with E-state index < -0.39 is 16.1 Å². The van der Waals surface area contributed by atoms with Crippen molar-refractivity contribution in [3.05, 3.63) is 24.3 Å². The number of carbonyl (C=O) groups excluding carboxylic acids is 2. The number of nitrogens with one attached hydrogen (secondary N) is 1. The molecule has 1 heterocycles. The smallest absolute Gasteiger partial charge is 0.409 e. The molecule has 0 saturated carbocycles. The summed E-state index contributed by atoms with van der Waals surface area (Å²) in [5.74, 6) is -0.221. The molecule has 1 aliphatic rings. The Morgan fingerprint density at radius 3 is 2.33 bits per heavy atom. The Morgan fingerprint density at radius 1 is 1.08 bits per heavy atom. The zero-order valence-corrected chi connectivity index (χ0v) is 14.5. The summed E-state index contributed by atoms with van der Waals surface area (Å²) in [6, 6.07) is 6.02. The molecule has 1 fully saturated rings. The lowest BCUT2D eigenvalue weighted by Crippen LogP contribution is -2.37. The van der Waals surface area contributed by atoms with Gasteiger partial charge in [0.05, 0.1) is 12.0 Å². The van der Waals surface area contributed by atoms with E-state index in [0.717, 1.165) is 0 Å². The van der Waals surface area contributed by atoms with Crippen molar-refractivity contribution < 1.29 is 22.7 Å². The average Bonchev–Trinajstić information content (AvgIpc) is 2.80. The lowest BCUT2D eigenvalue weighted by molar-refractivity contribution is -0.114. The molecule has 24 heavy (non-hydrogen) atoms. The van der Waals surface area contributed by atoms with Crippen molar-refractivity contribution in [1.29, 1.82) is 0 Å². The largest absolute Gasteiger partial charge is 0.453 e. The molecule has 0 atom stereocenters. The quantitative estimate of drug-likeness (QED) is 0.876. The third-order valence-electron chi connectivity index (χ3n) is 3.70. The number of nitrogens with zero attached hydrogens (tertiary/aromatic N) is 2. The van der Waals surface area contributed by atoms with Gasteiger partial charge in [-0.1, -0.05) is 0 Å². The number of sulfonamides is 1. The molecule has 1 saturated heterocycles. The molecule has 1 N–H and O–H groups in total. The van der Waals surface area contributed by atoms with E-state index in [1.54, 1.807) is 12.1 Å². The summed E-state index contributed by atoms with van der Waals surface area (Å²) in [4.78, 5) is 24.2. The highest BCUT2D eigenvalue weighted by atomic mass is 32.2. The maximum absolute atomic E-state index is 12.7. The number of methoxy groups -OCH3 is 1. The van der Waals surface area contributed by atoms with Crippen LogP contribution in [0.25, 0.3) is 0 Å². The predicted molar refractivity (Wildman–Crippen MR) is 88.1 cm³/mol. The minimum absolute atomic E-state index is 0.156. The maximum Gasteiger partial charge on any atom is 0.409 e. The second-order valence-electron chi connectivity index (χ2n) is 5.42. The fourth-order valence-corrected chi connectivity index (χ4v) is 3.98. The van der Waals surface area contributed by atoms with Crippen LogP contribution in [0.1, 0.15) is 13.3 Å². The van der Waals surface area contributed by atoms with Crippen LogP contribution < -0.4 is 5.32 Å². The van der Waals surface area contributed by atoms with Gasteiger partial charge in [0.1, 0.15) is 0 Å². The Labute approximate surface area is 141 Å². The van der Waals surface area contributed by atoms with Crippen molar-refractivity contribution in [3.63, 3.8) is 0 Å². The van der Waals surface area contributed by atoms with Crippen molar-refractivity contribution in [2.24, 2.45) is 0 Å². The number of rotatable bonds is 3. The van der Waals surface area contributed by atoms with Gasteiger partial charge >= 0.3 is 6.09 Å². The van der Waals surface area contributed by atoms with E-state index in [9.17, 15) is 18.0 Å². The van der Waals surface area contributed by atoms with Gasteiger partial charge in [-0.25, -0.2) is 13.2 Å². The monoisotopic (exact) mass is 355 g/mol. The second-order valence-corrected chi connectivity index (χ2v) is 7.36. The van der Waals surface area contributed by atoms with Crippen LogP contribution in [0.5, 0.6) is 0 Å². The molecular weight excluding hydrogens is 334 g/mol. The van der Waals surface area contributed by atoms with E-state index in [0.29, 0.717) is 25.2 Å². The van der Waals surface area contributed by atoms with Gasteiger partial charge in [-0.2, -0.15) is 4.31 Å². The van der Waals surface area contributed by atoms with Crippen LogP contribution in [0.15, 0.2) is 29.2 Å². The van der Waals surface area contributed by atoms with E-state index in [-0.39, 0.29) is 23.9 Å². The molecule has 1 aliphatic heterocycles. The van der Waals surface area contributed by atoms with Crippen molar-refractivity contribution >= 4 is 27.7 Å². The molecule has 0 aliphatic carbocycles. The van der Waals surface area contributed by atoms with Crippen LogP contribution in [0.2, 0.25) is 0 Å². The first kappa shape index (κ1) is 18.2. The zero-order valence-electron chi connectivity index (χ0n) is 13.7. The summed E-state index contributed by atoms with van der Waals surface area (Å²) < 4.78 is 31.5. The lowest BCUT2D eigenvalue weighted by atomic mass is 10.3. The molecule has 2 amide bonds. The molecule has 1 aromatic carbocycles. The van der Waals surface area contributed by atoms with E-state index in [1.165, 1.54) is 35.4 Å². The van der Waals surface area contributed by atoms with Crippen LogP contribution in [0.3, 0.4) is 0 Å². The summed E-state index contributed by atoms with van der Waals surface area (Å²) in [6.45, 7) is 2.68. The summed E-state index contributed by atoms with van der Waals surface area (Å²) in [7, 11) is -2.34. The SMILES string of the molecule is COC(=O)N1CCCN(S(=O)(=O)c2ccc(NC(C)=O)cc2)CC1. The Morgan fingerprint density at radius 2 is 1.75 bits per heavy atom. The van der Waals surface area contributed by atoms with Gasteiger partial charge in [0.15, 0.2) is 0 Å². The molecule has 0 bridgehead atoms. The molecule has 0 spiro atoms. The number of carbonyl (C=O) groups is 2. The van der Waals surface area contributed by atoms with Crippen molar-refractivity contribution in [2.45, 2.75) is 18.2 Å². The minimum Gasteiger partial charge on any atom is -0.453 e. The fourth-order valence-electron chi connectivity index (χ4n) is 2.51. The normalized spacial score (nSPS) is 16.3. The minimum atomic E-state index is -3.64. The Bertz CT molecular complexity index is 702. The fraction of sp³-hybridized carbons (Fsp3) is 0.467. The zero-order chi connectivity index (χ0) is 17.7. The first-order valence-electron chi connectivity index (χ1n) is 7.55. The number of anilines is 1. The van der Waals surface area contributed by atoms with E-state index in [1.807, 2.05) is 0 Å². The number of amides is 2. The van der Waals surface area contributed by atoms with Gasteiger partial charge in [-0.15, -0.1) is 0 Å². The molecule has 1 aromatic rings. The van der Waals surface area contributed by atoms with E-state index in [2.05, 4.69) is 10.1 Å². The number of hydrogen-bond acceptors (Lipinski definition) is 5. The standard InChI is InChI=1S/C15H21N3O5S/c1-12(19)16-13-4-6-14(7-5-13)24(21,22)18-9-3-8-17(10-11-18)15(20)23-2/h4-7H,3,8-11H2,1-2H3,(H,16,19). The van der Waals surface area contributed by atoms with Crippen LogP contribution >= 0.6 is 0 Å². The van der Waals surface area contributed by atoms with Crippen LogP contribution in [0.4, 0.5) is 10.5 Å².